The number of hydrogen-bond acceptors (Lipinski definition) is 2. The van der Waals surface area contributed by atoms with Crippen molar-refractivity contribution in [3.8, 4) is 0 Å². The molecule has 1 saturated heterocycles. The molecule has 1 fully saturated rings. The van der Waals surface area contributed by atoms with Gasteiger partial charge in [0, 0.05) is 13.1 Å². The quantitative estimate of drug-likeness (QED) is 0.895. The molecule has 0 saturated carbocycles. The van der Waals surface area contributed by atoms with E-state index in [0.717, 1.165) is 32.4 Å². The Morgan fingerprint density at radius 2 is 2.26 bits per heavy atom. The average molecular weight is 282 g/mol. The number of hydrogen-bond donors (Lipinski definition) is 2. The van der Waals surface area contributed by atoms with Gasteiger partial charge in [-0.3, -0.25) is 0 Å². The van der Waals surface area contributed by atoms with Crippen molar-refractivity contribution in [1.82, 2.24) is 4.90 Å². The van der Waals surface area contributed by atoms with Gasteiger partial charge < -0.3 is 16.0 Å². The number of para-hydroxylation sites is 1. The van der Waals surface area contributed by atoms with E-state index in [0.29, 0.717) is 23.2 Å². The lowest BCUT2D eigenvalue weighted by molar-refractivity contribution is 0.175. The first kappa shape index (κ1) is 14.2. The van der Waals surface area contributed by atoms with Crippen LogP contribution >= 0.6 is 11.6 Å². The van der Waals surface area contributed by atoms with Crippen LogP contribution in [0.2, 0.25) is 5.02 Å². The van der Waals surface area contributed by atoms with E-state index in [2.05, 4.69) is 5.32 Å². The molecule has 19 heavy (non-hydrogen) atoms. The summed E-state index contributed by atoms with van der Waals surface area (Å²) in [6, 6.07) is 7.20. The number of carbonyl (C=O) groups excluding carboxylic acids is 1. The van der Waals surface area contributed by atoms with Gasteiger partial charge in [0.2, 0.25) is 0 Å². The second-order valence-electron chi connectivity index (χ2n) is 4.94. The van der Waals surface area contributed by atoms with Crippen molar-refractivity contribution in [3.63, 3.8) is 0 Å². The summed E-state index contributed by atoms with van der Waals surface area (Å²) in [7, 11) is 0. The summed E-state index contributed by atoms with van der Waals surface area (Å²) in [4.78, 5) is 14.0. The Morgan fingerprint density at radius 3 is 3.00 bits per heavy atom. The van der Waals surface area contributed by atoms with Crippen LogP contribution in [0.25, 0.3) is 0 Å². The lowest BCUT2D eigenvalue weighted by Gasteiger charge is -2.32. The number of nitrogens with zero attached hydrogens (tertiary/aromatic N) is 1. The predicted octanol–water partition coefficient (Wildman–Crippen LogP) is 2.93. The van der Waals surface area contributed by atoms with Crippen LogP contribution < -0.4 is 11.1 Å². The third-order valence-corrected chi connectivity index (χ3v) is 3.83. The lowest BCUT2D eigenvalue weighted by Crippen LogP contribution is -2.42. The van der Waals surface area contributed by atoms with E-state index in [1.165, 1.54) is 0 Å². The first-order valence-corrected chi connectivity index (χ1v) is 7.09. The van der Waals surface area contributed by atoms with E-state index in [1.54, 1.807) is 6.07 Å². The molecule has 1 aromatic carbocycles. The van der Waals surface area contributed by atoms with Crippen molar-refractivity contribution in [2.75, 3.05) is 25.0 Å². The molecule has 1 atom stereocenters. The number of benzene rings is 1. The number of amides is 2. The van der Waals surface area contributed by atoms with Crippen molar-refractivity contribution in [2.24, 2.45) is 11.7 Å². The second kappa shape index (κ2) is 6.78. The van der Waals surface area contributed by atoms with Gasteiger partial charge in [0.1, 0.15) is 0 Å². The molecule has 1 aliphatic rings. The lowest BCUT2D eigenvalue weighted by atomic mass is 9.95. The molecule has 1 unspecified atom stereocenters. The van der Waals surface area contributed by atoms with E-state index >= 15 is 0 Å². The molecule has 1 heterocycles. The fourth-order valence-corrected chi connectivity index (χ4v) is 2.66. The summed E-state index contributed by atoms with van der Waals surface area (Å²) in [5.41, 5.74) is 6.25. The predicted molar refractivity (Wildman–Crippen MR) is 78.4 cm³/mol. The van der Waals surface area contributed by atoms with Gasteiger partial charge in [-0.15, -0.1) is 0 Å². The fourth-order valence-electron chi connectivity index (χ4n) is 2.48. The van der Waals surface area contributed by atoms with Crippen molar-refractivity contribution >= 4 is 23.3 Å². The van der Waals surface area contributed by atoms with Crippen LogP contribution in [0.3, 0.4) is 0 Å². The van der Waals surface area contributed by atoms with Gasteiger partial charge in [-0.25, -0.2) is 4.79 Å². The van der Waals surface area contributed by atoms with Gasteiger partial charge in [0.25, 0.3) is 0 Å². The Kier molecular flexibility index (Phi) is 5.05. The number of nitrogens with one attached hydrogen (secondary N) is 1. The largest absolute Gasteiger partial charge is 0.330 e. The van der Waals surface area contributed by atoms with Crippen LogP contribution in [0.1, 0.15) is 19.3 Å². The minimum atomic E-state index is -0.0742. The van der Waals surface area contributed by atoms with Gasteiger partial charge in [-0.2, -0.15) is 0 Å². The molecule has 5 heteroatoms. The summed E-state index contributed by atoms with van der Waals surface area (Å²) in [6.45, 7) is 2.27. The molecule has 0 bridgehead atoms. The molecule has 2 rings (SSSR count). The summed E-state index contributed by atoms with van der Waals surface area (Å²) in [5.74, 6) is 0.524. The number of halogens is 1. The number of rotatable bonds is 3. The molecule has 1 aliphatic heterocycles. The maximum absolute atomic E-state index is 12.2. The molecular weight excluding hydrogens is 262 g/mol. The minimum Gasteiger partial charge on any atom is -0.330 e. The smallest absolute Gasteiger partial charge is 0.321 e. The maximum atomic E-state index is 12.2. The van der Waals surface area contributed by atoms with Crippen LogP contribution in [0.5, 0.6) is 0 Å². The Labute approximate surface area is 118 Å². The minimum absolute atomic E-state index is 0.0742. The number of carbonyl (C=O) groups is 1. The van der Waals surface area contributed by atoms with E-state index in [1.807, 2.05) is 23.1 Å². The highest BCUT2D eigenvalue weighted by Gasteiger charge is 2.23. The zero-order valence-electron chi connectivity index (χ0n) is 10.9. The molecule has 0 aliphatic carbocycles. The van der Waals surface area contributed by atoms with Crippen molar-refractivity contribution in [2.45, 2.75) is 19.3 Å². The molecule has 0 spiro atoms. The van der Waals surface area contributed by atoms with Crippen molar-refractivity contribution in [3.05, 3.63) is 29.3 Å². The van der Waals surface area contributed by atoms with Gasteiger partial charge in [-0.05, 0) is 43.9 Å². The number of anilines is 1. The van der Waals surface area contributed by atoms with Crippen LogP contribution in [0.4, 0.5) is 10.5 Å². The third kappa shape index (κ3) is 3.85. The number of urea groups is 1. The molecule has 1 aromatic rings. The molecule has 0 aromatic heterocycles. The van der Waals surface area contributed by atoms with Crippen LogP contribution in [0, 0.1) is 5.92 Å². The van der Waals surface area contributed by atoms with Gasteiger partial charge in [0.05, 0.1) is 10.7 Å². The topological polar surface area (TPSA) is 58.4 Å². The first-order valence-electron chi connectivity index (χ1n) is 6.71. The summed E-state index contributed by atoms with van der Waals surface area (Å²) < 4.78 is 0. The van der Waals surface area contributed by atoms with Gasteiger partial charge in [-0.1, -0.05) is 23.7 Å². The van der Waals surface area contributed by atoms with E-state index in [4.69, 9.17) is 17.3 Å². The molecule has 104 valence electrons. The standard InChI is InChI=1S/C14H20ClN3O/c15-12-5-1-2-6-13(12)17-14(19)18-9-3-4-11(10-18)7-8-16/h1-2,5-6,11H,3-4,7-10,16H2,(H,17,19). The highest BCUT2D eigenvalue weighted by molar-refractivity contribution is 6.33. The van der Waals surface area contributed by atoms with E-state index < -0.39 is 0 Å². The Hall–Kier alpha value is -1.26. The summed E-state index contributed by atoms with van der Waals surface area (Å²) in [5, 5.41) is 3.43. The molecule has 4 nitrogen and oxygen atoms in total. The van der Waals surface area contributed by atoms with Crippen molar-refractivity contribution in [1.29, 1.82) is 0 Å². The normalized spacial score (nSPS) is 19.3. The SMILES string of the molecule is NCCC1CCCN(C(=O)Nc2ccccc2Cl)C1. The first-order chi connectivity index (χ1) is 9.20. The average Bonchev–Trinajstić information content (AvgIpc) is 2.42. The number of piperidine rings is 1. The Bertz CT molecular complexity index is 436. The highest BCUT2D eigenvalue weighted by Crippen LogP contribution is 2.23. The van der Waals surface area contributed by atoms with Gasteiger partial charge in [0.15, 0.2) is 0 Å². The number of nitrogens with two attached hydrogens (primary N) is 1. The number of likely N-dealkylation sites (tertiary alicyclic amines) is 1. The van der Waals surface area contributed by atoms with Crippen LogP contribution in [-0.2, 0) is 0 Å². The second-order valence-corrected chi connectivity index (χ2v) is 5.35. The molecular formula is C14H20ClN3O. The van der Waals surface area contributed by atoms with Crippen LogP contribution in [-0.4, -0.2) is 30.6 Å². The van der Waals surface area contributed by atoms with Crippen molar-refractivity contribution < 1.29 is 4.79 Å². The monoisotopic (exact) mass is 281 g/mol. The maximum Gasteiger partial charge on any atom is 0.321 e. The van der Waals surface area contributed by atoms with E-state index in [-0.39, 0.29) is 6.03 Å². The van der Waals surface area contributed by atoms with Gasteiger partial charge >= 0.3 is 6.03 Å². The zero-order chi connectivity index (χ0) is 13.7. The summed E-state index contributed by atoms with van der Waals surface area (Å²) in [6.07, 6.45) is 3.18. The molecule has 0 radical (unpaired) electrons. The van der Waals surface area contributed by atoms with Crippen LogP contribution in [0.15, 0.2) is 24.3 Å². The highest BCUT2D eigenvalue weighted by atomic mass is 35.5. The zero-order valence-corrected chi connectivity index (χ0v) is 11.7. The third-order valence-electron chi connectivity index (χ3n) is 3.50. The fraction of sp³-hybridized carbons (Fsp3) is 0.500. The summed E-state index contributed by atoms with van der Waals surface area (Å²) >= 11 is 6.04. The van der Waals surface area contributed by atoms with E-state index in [9.17, 15) is 4.79 Å². The molecule has 3 N–H and O–H groups in total. The Morgan fingerprint density at radius 1 is 1.47 bits per heavy atom. The molecule has 2 amide bonds. The Balaban J connectivity index is 1.94.